The SMILES string of the molecule is C[C@H](C[C@@H](O)[C@H]1O[C@]1(C)[C@@H]1CCC[C@H]1c1cccc(N)c1)C1=C2CC[C@@H]3[C@]4(C)C[C@]5(c6cccc(O)c6)CC[C@](O)(C[C@]3(C)[C@@]2(C)CC1=O)[C@H]4C(C)(C)C5=O. The van der Waals surface area contributed by atoms with Crippen LogP contribution in [0.25, 0.3) is 0 Å². The van der Waals surface area contributed by atoms with Crippen molar-refractivity contribution in [1.82, 2.24) is 0 Å². The largest absolute Gasteiger partial charge is 0.508 e. The normalized spacial score (nSPS) is 45.2. The number of aromatic hydroxyl groups is 1. The lowest BCUT2D eigenvalue weighted by Gasteiger charge is -2.72. The molecule has 13 atom stereocenters. The van der Waals surface area contributed by atoms with Crippen LogP contribution in [0.2, 0.25) is 0 Å². The summed E-state index contributed by atoms with van der Waals surface area (Å²) < 4.78 is 6.46. The highest BCUT2D eigenvalue weighted by Crippen LogP contribution is 2.79. The fourth-order valence-electron chi connectivity index (χ4n) is 16.1. The number of ether oxygens (including phenoxy) is 1. The average Bonchev–Trinajstić information content (AvgIpc) is 3.45. The summed E-state index contributed by atoms with van der Waals surface area (Å²) in [5.41, 5.74) is 6.96. The van der Waals surface area contributed by atoms with E-state index in [9.17, 15) is 24.9 Å². The van der Waals surface area contributed by atoms with E-state index in [0.717, 1.165) is 48.9 Å². The van der Waals surface area contributed by atoms with E-state index in [1.54, 1.807) is 12.1 Å². The highest BCUT2D eigenvalue weighted by molar-refractivity contribution is 6.01. The van der Waals surface area contributed by atoms with Crippen molar-refractivity contribution < 1.29 is 29.6 Å². The minimum Gasteiger partial charge on any atom is -0.508 e. The summed E-state index contributed by atoms with van der Waals surface area (Å²) in [5.74, 6) is 1.06. The van der Waals surface area contributed by atoms with Crippen molar-refractivity contribution >= 4 is 17.3 Å². The molecule has 10 rings (SSSR count). The number of phenolic OH excluding ortho intramolecular Hbond substituents is 1. The number of hydrogen-bond acceptors (Lipinski definition) is 7. The maximum Gasteiger partial charge on any atom is 0.159 e. The molecule has 0 amide bonds. The van der Waals surface area contributed by atoms with E-state index in [1.165, 1.54) is 11.1 Å². The lowest BCUT2D eigenvalue weighted by Crippen LogP contribution is -2.71. The van der Waals surface area contributed by atoms with Gasteiger partial charge in [0.15, 0.2) is 5.78 Å². The summed E-state index contributed by atoms with van der Waals surface area (Å²) in [6.07, 6.45) is 7.20. The first kappa shape index (κ1) is 37.6. The van der Waals surface area contributed by atoms with E-state index in [-0.39, 0.29) is 52.0 Å². The number of anilines is 1. The Morgan fingerprint density at radius 3 is 2.42 bits per heavy atom. The van der Waals surface area contributed by atoms with Gasteiger partial charge in [0.25, 0.3) is 0 Å². The molecule has 1 saturated heterocycles. The number of carbonyl (C=O) groups excluding carboxylic acids is 2. The summed E-state index contributed by atoms with van der Waals surface area (Å²) >= 11 is 0. The van der Waals surface area contributed by atoms with Gasteiger partial charge in [-0.1, -0.05) is 77.8 Å². The van der Waals surface area contributed by atoms with Gasteiger partial charge in [-0.3, -0.25) is 9.59 Å². The first-order chi connectivity index (χ1) is 25.7. The molecule has 2 aromatic rings. The lowest BCUT2D eigenvalue weighted by atomic mass is 9.32. The molecular weight excluding hydrogens is 687 g/mol. The predicted molar refractivity (Wildman–Crippen MR) is 213 cm³/mol. The zero-order valence-electron chi connectivity index (χ0n) is 34.1. The molecule has 7 nitrogen and oxygen atoms in total. The first-order valence-corrected chi connectivity index (χ1v) is 21.3. The number of epoxide rings is 1. The van der Waals surface area contributed by atoms with E-state index in [4.69, 9.17) is 10.5 Å². The number of nitrogens with two attached hydrogens (primary N) is 1. The minimum absolute atomic E-state index is 0.118. The third-order valence-electron chi connectivity index (χ3n) is 17.9. The lowest BCUT2D eigenvalue weighted by molar-refractivity contribution is -0.252. The second-order valence-electron chi connectivity index (χ2n) is 21.2. The molecule has 55 heavy (non-hydrogen) atoms. The van der Waals surface area contributed by atoms with Crippen molar-refractivity contribution in [2.75, 3.05) is 5.73 Å². The highest BCUT2D eigenvalue weighted by Gasteiger charge is 2.78. The molecule has 296 valence electrons. The van der Waals surface area contributed by atoms with Crippen LogP contribution in [0.4, 0.5) is 5.69 Å². The highest BCUT2D eigenvalue weighted by atomic mass is 16.6. The van der Waals surface area contributed by atoms with Crippen LogP contribution in [0.3, 0.4) is 0 Å². The minimum atomic E-state index is -1.08. The number of rotatable bonds is 7. The van der Waals surface area contributed by atoms with Crippen LogP contribution in [0.5, 0.6) is 5.75 Å². The Morgan fingerprint density at radius 1 is 0.945 bits per heavy atom. The molecule has 7 aliphatic carbocycles. The van der Waals surface area contributed by atoms with E-state index < -0.39 is 33.6 Å². The number of nitrogen functional groups attached to an aromatic ring is 1. The maximum atomic E-state index is 14.8. The molecule has 0 unspecified atom stereocenters. The third kappa shape index (κ3) is 4.91. The Hall–Kier alpha value is -3.00. The Bertz CT molecular complexity index is 2000. The smallest absolute Gasteiger partial charge is 0.159 e. The fraction of sp³-hybridized carbons (Fsp3) is 0.667. The van der Waals surface area contributed by atoms with Crippen LogP contribution in [0, 0.1) is 45.3 Å². The number of ketones is 2. The van der Waals surface area contributed by atoms with Gasteiger partial charge < -0.3 is 25.8 Å². The molecule has 4 bridgehead atoms. The van der Waals surface area contributed by atoms with Crippen molar-refractivity contribution in [3.8, 4) is 5.75 Å². The molecule has 1 aliphatic heterocycles. The molecule has 8 aliphatic rings. The summed E-state index contributed by atoms with van der Waals surface area (Å²) in [4.78, 5) is 29.2. The molecular formula is C48H63NO6. The van der Waals surface area contributed by atoms with Gasteiger partial charge in [0.05, 0.1) is 22.7 Å². The van der Waals surface area contributed by atoms with Crippen LogP contribution >= 0.6 is 0 Å². The third-order valence-corrected chi connectivity index (χ3v) is 17.9. The van der Waals surface area contributed by atoms with E-state index in [1.807, 2.05) is 24.3 Å². The van der Waals surface area contributed by atoms with E-state index >= 15 is 0 Å². The van der Waals surface area contributed by atoms with E-state index in [2.05, 4.69) is 60.6 Å². The number of allylic oxidation sites excluding steroid dienone is 2. The van der Waals surface area contributed by atoms with Crippen molar-refractivity contribution in [2.24, 2.45) is 45.3 Å². The average molecular weight is 750 g/mol. The van der Waals surface area contributed by atoms with E-state index in [0.29, 0.717) is 50.4 Å². The summed E-state index contributed by atoms with van der Waals surface area (Å²) in [6.45, 7) is 15.4. The molecule has 6 saturated carbocycles. The Balaban J connectivity index is 1.01. The maximum absolute atomic E-state index is 14.8. The van der Waals surface area contributed by atoms with Gasteiger partial charge >= 0.3 is 0 Å². The Kier molecular flexibility index (Phi) is 8.05. The number of benzene rings is 2. The predicted octanol–water partition coefficient (Wildman–Crippen LogP) is 8.58. The molecule has 7 fully saturated rings. The van der Waals surface area contributed by atoms with Gasteiger partial charge in [-0.15, -0.1) is 0 Å². The quantitative estimate of drug-likeness (QED) is 0.165. The van der Waals surface area contributed by atoms with Crippen molar-refractivity contribution in [3.05, 3.63) is 70.8 Å². The van der Waals surface area contributed by atoms with Crippen molar-refractivity contribution in [2.45, 2.75) is 154 Å². The number of hydrogen-bond donors (Lipinski definition) is 4. The fourth-order valence-corrected chi connectivity index (χ4v) is 16.1. The summed E-state index contributed by atoms with van der Waals surface area (Å²) in [6, 6.07) is 15.5. The van der Waals surface area contributed by atoms with Gasteiger partial charge in [-0.05, 0) is 140 Å². The number of Topliss-reactive ketones (excluding diaryl/α,β-unsaturated/α-hetero) is 2. The molecule has 7 heteroatoms. The summed E-state index contributed by atoms with van der Waals surface area (Å²) in [7, 11) is 0. The monoisotopic (exact) mass is 749 g/mol. The number of aliphatic hydroxyl groups excluding tert-OH is 1. The second kappa shape index (κ2) is 11.8. The molecule has 1 heterocycles. The molecule has 0 aromatic heterocycles. The van der Waals surface area contributed by atoms with Crippen LogP contribution < -0.4 is 5.73 Å². The number of carbonyl (C=O) groups is 2. The van der Waals surface area contributed by atoms with Gasteiger partial charge in [0.2, 0.25) is 0 Å². The second-order valence-corrected chi connectivity index (χ2v) is 21.2. The van der Waals surface area contributed by atoms with Gasteiger partial charge in [-0.25, -0.2) is 0 Å². The van der Waals surface area contributed by atoms with Crippen LogP contribution in [-0.2, 0) is 19.7 Å². The topological polar surface area (TPSA) is 133 Å². The number of aliphatic hydroxyl groups is 2. The molecule has 2 aromatic carbocycles. The van der Waals surface area contributed by atoms with Crippen LogP contribution in [0.1, 0.15) is 136 Å². The van der Waals surface area contributed by atoms with Gasteiger partial charge in [0, 0.05) is 28.9 Å². The van der Waals surface area contributed by atoms with Crippen molar-refractivity contribution in [3.63, 3.8) is 0 Å². The van der Waals surface area contributed by atoms with Crippen molar-refractivity contribution in [1.29, 1.82) is 0 Å². The molecule has 5 N–H and O–H groups in total. The number of phenols is 1. The Labute approximate surface area is 327 Å². The standard InChI is InChI=1S/C48H63NO6/c1-27(21-35(51)39-46(7,55-39)33-16-10-15-32(33)28-11-8-13-30(49)22-28)38-34-17-18-37-43(4)25-47(29-12-9-14-31(50)23-29)19-20-48(54,40(43)42(2,3)41(47)53)26-45(37,6)44(34,5)24-36(38)52/h8-9,11-14,22-23,27,32-33,35,37,39-40,50-51,54H,10,15-21,24-26,49H2,1-7H3/t27-,32+,33-,35-,37-,39-,40+,43+,44+,45+,46-,47+,48+/m1/s1. The zero-order chi connectivity index (χ0) is 39.3. The zero-order valence-corrected chi connectivity index (χ0v) is 34.1. The van der Waals surface area contributed by atoms with Crippen LogP contribution in [0.15, 0.2) is 59.7 Å². The molecule has 0 radical (unpaired) electrons. The first-order valence-electron chi connectivity index (χ1n) is 21.3. The summed E-state index contributed by atoms with van der Waals surface area (Å²) in [5, 5.41) is 35.6. The Morgan fingerprint density at radius 2 is 1.69 bits per heavy atom. The molecule has 0 spiro atoms. The van der Waals surface area contributed by atoms with Gasteiger partial charge in [0.1, 0.15) is 17.6 Å². The van der Waals surface area contributed by atoms with Crippen LogP contribution in [-0.4, -0.2) is 50.3 Å². The van der Waals surface area contributed by atoms with Gasteiger partial charge in [-0.2, -0.15) is 0 Å². The number of fused-ring (bicyclic) bond motifs is 5.